The van der Waals surface area contributed by atoms with Crippen molar-refractivity contribution in [1.29, 1.82) is 0 Å². The molecule has 5 heteroatoms. The van der Waals surface area contributed by atoms with Gasteiger partial charge in [0.25, 0.3) is 0 Å². The van der Waals surface area contributed by atoms with Crippen LogP contribution in [0.5, 0.6) is 0 Å². The third-order valence-electron chi connectivity index (χ3n) is 4.45. The standard InChI is InChI=1S/C14H21N3OS/c1-10-17-11(9-19-10)2-5-16-13(18)12-8-14(12)3-6-15-7-4-14/h9,12,15H,2-8H2,1H3,(H,16,18). The summed E-state index contributed by atoms with van der Waals surface area (Å²) in [4.78, 5) is 16.5. The average molecular weight is 279 g/mol. The van der Waals surface area contributed by atoms with Crippen molar-refractivity contribution in [3.63, 3.8) is 0 Å². The molecule has 0 bridgehead atoms. The normalized spacial score (nSPS) is 24.4. The highest BCUT2D eigenvalue weighted by atomic mass is 32.1. The number of thiazole rings is 1. The van der Waals surface area contributed by atoms with E-state index in [1.807, 2.05) is 6.92 Å². The van der Waals surface area contributed by atoms with Crippen LogP contribution in [0.1, 0.15) is 30.0 Å². The molecule has 1 saturated carbocycles. The summed E-state index contributed by atoms with van der Waals surface area (Å²) in [6.07, 6.45) is 4.26. The van der Waals surface area contributed by atoms with Gasteiger partial charge in [-0.05, 0) is 44.7 Å². The van der Waals surface area contributed by atoms with Crippen LogP contribution < -0.4 is 10.6 Å². The second-order valence-electron chi connectivity index (χ2n) is 5.77. The Kier molecular flexibility index (Phi) is 3.58. The molecule has 4 nitrogen and oxygen atoms in total. The summed E-state index contributed by atoms with van der Waals surface area (Å²) in [6.45, 7) is 4.87. The maximum Gasteiger partial charge on any atom is 0.223 e. The zero-order chi connectivity index (χ0) is 13.3. The molecule has 0 aromatic carbocycles. The van der Waals surface area contributed by atoms with E-state index in [0.717, 1.165) is 49.5 Å². The Morgan fingerprint density at radius 1 is 1.58 bits per heavy atom. The molecule has 0 radical (unpaired) electrons. The van der Waals surface area contributed by atoms with E-state index in [9.17, 15) is 4.79 Å². The van der Waals surface area contributed by atoms with Gasteiger partial charge < -0.3 is 10.6 Å². The van der Waals surface area contributed by atoms with E-state index in [4.69, 9.17) is 0 Å². The van der Waals surface area contributed by atoms with Gasteiger partial charge in [0, 0.05) is 24.3 Å². The molecule has 2 aliphatic rings. The van der Waals surface area contributed by atoms with Gasteiger partial charge in [-0.1, -0.05) is 0 Å². The maximum atomic E-state index is 12.1. The molecule has 2 heterocycles. The molecular weight excluding hydrogens is 258 g/mol. The van der Waals surface area contributed by atoms with Gasteiger partial charge in [-0.2, -0.15) is 0 Å². The molecular formula is C14H21N3OS. The molecule has 1 spiro atoms. The minimum Gasteiger partial charge on any atom is -0.355 e. The maximum absolute atomic E-state index is 12.1. The minimum absolute atomic E-state index is 0.258. The van der Waals surface area contributed by atoms with E-state index in [2.05, 4.69) is 21.0 Å². The van der Waals surface area contributed by atoms with Crippen LogP contribution in [0.4, 0.5) is 0 Å². The Morgan fingerprint density at radius 3 is 3.05 bits per heavy atom. The van der Waals surface area contributed by atoms with Gasteiger partial charge in [0.1, 0.15) is 0 Å². The third-order valence-corrected chi connectivity index (χ3v) is 5.27. The van der Waals surface area contributed by atoms with Crippen molar-refractivity contribution in [3.8, 4) is 0 Å². The molecule has 1 amide bonds. The zero-order valence-corrected chi connectivity index (χ0v) is 12.2. The van der Waals surface area contributed by atoms with Gasteiger partial charge in [0.15, 0.2) is 0 Å². The summed E-state index contributed by atoms with van der Waals surface area (Å²) in [5.41, 5.74) is 1.43. The summed E-state index contributed by atoms with van der Waals surface area (Å²) in [5.74, 6) is 0.528. The first-order valence-corrected chi connectivity index (χ1v) is 7.97. The molecule has 2 N–H and O–H groups in total. The molecule has 1 saturated heterocycles. The van der Waals surface area contributed by atoms with Crippen LogP contribution in [-0.4, -0.2) is 30.5 Å². The van der Waals surface area contributed by atoms with Crippen molar-refractivity contribution < 1.29 is 4.79 Å². The quantitative estimate of drug-likeness (QED) is 0.878. The molecule has 3 rings (SSSR count). The zero-order valence-electron chi connectivity index (χ0n) is 11.4. The van der Waals surface area contributed by atoms with Crippen LogP contribution in [0.3, 0.4) is 0 Å². The fraction of sp³-hybridized carbons (Fsp3) is 0.714. The van der Waals surface area contributed by atoms with Crippen LogP contribution in [0, 0.1) is 18.3 Å². The number of piperidine rings is 1. The van der Waals surface area contributed by atoms with E-state index >= 15 is 0 Å². The highest BCUT2D eigenvalue weighted by molar-refractivity contribution is 7.09. The smallest absolute Gasteiger partial charge is 0.223 e. The van der Waals surface area contributed by atoms with Crippen molar-refractivity contribution in [1.82, 2.24) is 15.6 Å². The number of carbonyl (C=O) groups is 1. The van der Waals surface area contributed by atoms with E-state index in [-0.39, 0.29) is 11.8 Å². The highest BCUT2D eigenvalue weighted by Crippen LogP contribution is 2.58. The number of rotatable bonds is 4. The van der Waals surface area contributed by atoms with Crippen LogP contribution >= 0.6 is 11.3 Å². The van der Waals surface area contributed by atoms with E-state index in [1.54, 1.807) is 11.3 Å². The number of hydrogen-bond acceptors (Lipinski definition) is 4. The Bertz CT molecular complexity index is 465. The van der Waals surface area contributed by atoms with Gasteiger partial charge in [0.2, 0.25) is 5.91 Å². The Morgan fingerprint density at radius 2 is 2.37 bits per heavy atom. The van der Waals surface area contributed by atoms with Gasteiger partial charge in [-0.15, -0.1) is 11.3 Å². The summed E-state index contributed by atoms with van der Waals surface area (Å²) < 4.78 is 0. The molecule has 1 aromatic rings. The summed E-state index contributed by atoms with van der Waals surface area (Å²) in [7, 11) is 0. The predicted molar refractivity (Wildman–Crippen MR) is 76.2 cm³/mol. The fourth-order valence-electron chi connectivity index (χ4n) is 3.16. The second kappa shape index (κ2) is 5.21. The minimum atomic E-state index is 0.258. The second-order valence-corrected chi connectivity index (χ2v) is 6.83. The number of carbonyl (C=O) groups excluding carboxylic acids is 1. The van der Waals surface area contributed by atoms with Crippen molar-refractivity contribution in [2.75, 3.05) is 19.6 Å². The van der Waals surface area contributed by atoms with Gasteiger partial charge in [-0.25, -0.2) is 4.98 Å². The van der Waals surface area contributed by atoms with E-state index < -0.39 is 0 Å². The molecule has 104 valence electrons. The van der Waals surface area contributed by atoms with Gasteiger partial charge >= 0.3 is 0 Å². The van der Waals surface area contributed by atoms with Crippen molar-refractivity contribution in [2.45, 2.75) is 32.6 Å². The predicted octanol–water partition coefficient (Wildman–Crippen LogP) is 1.50. The number of nitrogens with zero attached hydrogens (tertiary/aromatic N) is 1. The number of nitrogens with one attached hydrogen (secondary N) is 2. The van der Waals surface area contributed by atoms with E-state index in [1.165, 1.54) is 0 Å². The first kappa shape index (κ1) is 13.1. The van der Waals surface area contributed by atoms with E-state index in [0.29, 0.717) is 12.0 Å². The number of hydrogen-bond donors (Lipinski definition) is 2. The largest absolute Gasteiger partial charge is 0.355 e. The molecule has 1 aliphatic heterocycles. The third kappa shape index (κ3) is 2.82. The lowest BCUT2D eigenvalue weighted by Gasteiger charge is -2.23. The first-order valence-electron chi connectivity index (χ1n) is 7.09. The molecule has 1 atom stereocenters. The lowest BCUT2D eigenvalue weighted by Crippen LogP contribution is -2.34. The number of amides is 1. The SMILES string of the molecule is Cc1nc(CCNC(=O)C2CC23CCNCC3)cs1. The summed E-state index contributed by atoms with van der Waals surface area (Å²) >= 11 is 1.67. The lowest BCUT2D eigenvalue weighted by molar-refractivity contribution is -0.123. The van der Waals surface area contributed by atoms with Gasteiger partial charge in [0.05, 0.1) is 10.7 Å². The summed E-state index contributed by atoms with van der Waals surface area (Å²) in [6, 6.07) is 0. The fourth-order valence-corrected chi connectivity index (χ4v) is 3.80. The van der Waals surface area contributed by atoms with Gasteiger partial charge in [-0.3, -0.25) is 4.79 Å². The van der Waals surface area contributed by atoms with Crippen molar-refractivity contribution in [3.05, 3.63) is 16.1 Å². The summed E-state index contributed by atoms with van der Waals surface area (Å²) in [5, 5.41) is 9.62. The Labute approximate surface area is 118 Å². The first-order chi connectivity index (χ1) is 9.20. The molecule has 1 aliphatic carbocycles. The Hall–Kier alpha value is -0.940. The highest BCUT2D eigenvalue weighted by Gasteiger charge is 2.57. The number of aromatic nitrogens is 1. The topological polar surface area (TPSA) is 54.0 Å². The molecule has 19 heavy (non-hydrogen) atoms. The van der Waals surface area contributed by atoms with Crippen molar-refractivity contribution in [2.24, 2.45) is 11.3 Å². The van der Waals surface area contributed by atoms with Crippen molar-refractivity contribution >= 4 is 17.2 Å². The molecule has 2 fully saturated rings. The van der Waals surface area contributed by atoms with Crippen LogP contribution in [0.25, 0.3) is 0 Å². The lowest BCUT2D eigenvalue weighted by atomic mass is 9.92. The number of aryl methyl sites for hydroxylation is 1. The Balaban J connectivity index is 1.43. The van der Waals surface area contributed by atoms with Crippen LogP contribution in [0.15, 0.2) is 5.38 Å². The average Bonchev–Trinajstić information content (AvgIpc) is 2.93. The molecule has 1 aromatic heterocycles. The van der Waals surface area contributed by atoms with Crippen LogP contribution in [-0.2, 0) is 11.2 Å². The monoisotopic (exact) mass is 279 g/mol. The molecule has 1 unspecified atom stereocenters. The van der Waals surface area contributed by atoms with Crippen LogP contribution in [0.2, 0.25) is 0 Å².